The Morgan fingerprint density at radius 1 is 1.21 bits per heavy atom. The first-order chi connectivity index (χ1) is 16.0. The fourth-order valence-electron chi connectivity index (χ4n) is 3.53. The first-order valence-electron chi connectivity index (χ1n) is 10.8. The molecule has 0 saturated carbocycles. The van der Waals surface area contributed by atoms with Gasteiger partial charge in [-0.1, -0.05) is 30.3 Å². The molecular formula is C23H26BrN7O2. The molecule has 3 aromatic heterocycles. The number of imidazole rings is 1. The van der Waals surface area contributed by atoms with Crippen molar-refractivity contribution in [2.75, 3.05) is 11.9 Å². The van der Waals surface area contributed by atoms with Crippen molar-refractivity contribution in [3.05, 3.63) is 64.5 Å². The highest BCUT2D eigenvalue weighted by molar-refractivity contribution is 9.10. The highest BCUT2D eigenvalue weighted by Gasteiger charge is 2.14. The molecule has 0 aliphatic heterocycles. The van der Waals surface area contributed by atoms with Crippen LogP contribution in [0.3, 0.4) is 0 Å². The van der Waals surface area contributed by atoms with E-state index in [-0.39, 0.29) is 6.61 Å². The quantitative estimate of drug-likeness (QED) is 0.248. The van der Waals surface area contributed by atoms with Crippen LogP contribution in [0, 0.1) is 6.92 Å². The SMILES string of the molecule is CCn1nc(C)cc1Nc1nc2cnc(Br)cc2n1CCCNC(=O)OCc1ccccc1. The van der Waals surface area contributed by atoms with E-state index in [4.69, 9.17) is 9.72 Å². The molecule has 0 aliphatic rings. The van der Waals surface area contributed by atoms with E-state index in [0.29, 0.717) is 25.5 Å². The minimum absolute atomic E-state index is 0.248. The zero-order valence-corrected chi connectivity index (χ0v) is 20.2. The molecule has 0 bridgehead atoms. The van der Waals surface area contributed by atoms with Crippen molar-refractivity contribution in [2.45, 2.75) is 40.0 Å². The number of halogens is 1. The molecule has 9 nitrogen and oxygen atoms in total. The number of pyridine rings is 1. The first-order valence-corrected chi connectivity index (χ1v) is 11.6. The Balaban J connectivity index is 1.41. The summed E-state index contributed by atoms with van der Waals surface area (Å²) in [7, 11) is 0. The molecule has 10 heteroatoms. The van der Waals surface area contributed by atoms with Gasteiger partial charge in [0.25, 0.3) is 0 Å². The summed E-state index contributed by atoms with van der Waals surface area (Å²) in [6, 6.07) is 13.5. The summed E-state index contributed by atoms with van der Waals surface area (Å²) in [6.45, 7) is 6.13. The second kappa shape index (κ2) is 10.5. The largest absolute Gasteiger partial charge is 0.445 e. The van der Waals surface area contributed by atoms with Gasteiger partial charge in [0.2, 0.25) is 5.95 Å². The van der Waals surface area contributed by atoms with Crippen molar-refractivity contribution >= 4 is 44.8 Å². The van der Waals surface area contributed by atoms with Gasteiger partial charge >= 0.3 is 6.09 Å². The van der Waals surface area contributed by atoms with Crippen molar-refractivity contribution < 1.29 is 9.53 Å². The number of alkyl carbamates (subject to hydrolysis) is 1. The zero-order valence-electron chi connectivity index (χ0n) is 18.6. The van der Waals surface area contributed by atoms with Gasteiger partial charge in [0.05, 0.1) is 17.4 Å². The summed E-state index contributed by atoms with van der Waals surface area (Å²) in [4.78, 5) is 21.0. The molecule has 2 N–H and O–H groups in total. The number of ether oxygens (including phenoxy) is 1. The van der Waals surface area contributed by atoms with Crippen LogP contribution in [0.5, 0.6) is 0 Å². The normalized spacial score (nSPS) is 11.0. The number of carbonyl (C=O) groups is 1. The van der Waals surface area contributed by atoms with Crippen LogP contribution in [-0.2, 0) is 24.4 Å². The minimum atomic E-state index is -0.429. The van der Waals surface area contributed by atoms with Crippen LogP contribution in [0.1, 0.15) is 24.6 Å². The average Bonchev–Trinajstić information content (AvgIpc) is 3.34. The van der Waals surface area contributed by atoms with Gasteiger partial charge in [-0.3, -0.25) is 0 Å². The maximum absolute atomic E-state index is 12.0. The van der Waals surface area contributed by atoms with Gasteiger partial charge in [0, 0.05) is 25.7 Å². The molecule has 4 rings (SSSR count). The molecule has 172 valence electrons. The minimum Gasteiger partial charge on any atom is -0.445 e. The van der Waals surface area contributed by atoms with Crippen LogP contribution in [-0.4, -0.2) is 37.0 Å². The molecule has 0 fully saturated rings. The number of rotatable bonds is 9. The van der Waals surface area contributed by atoms with Gasteiger partial charge in [0.1, 0.15) is 22.5 Å². The Kier molecular flexibility index (Phi) is 7.23. The summed E-state index contributed by atoms with van der Waals surface area (Å²) < 4.78 is 10.00. The van der Waals surface area contributed by atoms with Crippen LogP contribution < -0.4 is 10.6 Å². The lowest BCUT2D eigenvalue weighted by Gasteiger charge is -2.12. The van der Waals surface area contributed by atoms with Crippen LogP contribution in [0.15, 0.2) is 53.3 Å². The number of carbonyl (C=O) groups excluding carboxylic acids is 1. The number of fused-ring (bicyclic) bond motifs is 1. The van der Waals surface area contributed by atoms with Crippen molar-refractivity contribution in [1.82, 2.24) is 29.6 Å². The van der Waals surface area contributed by atoms with Crippen molar-refractivity contribution in [3.8, 4) is 0 Å². The highest BCUT2D eigenvalue weighted by atomic mass is 79.9. The number of hydrogen-bond acceptors (Lipinski definition) is 6. The molecule has 0 aliphatic carbocycles. The van der Waals surface area contributed by atoms with E-state index in [1.165, 1.54) is 0 Å². The molecule has 0 unspecified atom stereocenters. The molecule has 0 radical (unpaired) electrons. The second-order valence-electron chi connectivity index (χ2n) is 7.54. The maximum Gasteiger partial charge on any atom is 0.407 e. The van der Waals surface area contributed by atoms with Crippen molar-refractivity contribution in [3.63, 3.8) is 0 Å². The fourth-order valence-corrected chi connectivity index (χ4v) is 3.85. The van der Waals surface area contributed by atoms with Gasteiger partial charge in [-0.2, -0.15) is 5.10 Å². The van der Waals surface area contributed by atoms with E-state index in [1.807, 2.05) is 61.0 Å². The lowest BCUT2D eigenvalue weighted by molar-refractivity contribution is 0.139. The Bertz CT molecular complexity index is 1240. The Morgan fingerprint density at radius 2 is 2.03 bits per heavy atom. The van der Waals surface area contributed by atoms with Crippen LogP contribution >= 0.6 is 15.9 Å². The molecule has 1 amide bonds. The van der Waals surface area contributed by atoms with E-state index in [2.05, 4.69) is 41.2 Å². The number of hydrogen-bond donors (Lipinski definition) is 2. The Morgan fingerprint density at radius 3 is 2.82 bits per heavy atom. The third-order valence-corrected chi connectivity index (χ3v) is 5.52. The molecule has 0 atom stereocenters. The number of nitrogens with one attached hydrogen (secondary N) is 2. The molecule has 0 spiro atoms. The molecule has 1 aromatic carbocycles. The summed E-state index contributed by atoms with van der Waals surface area (Å²) in [6.07, 6.45) is 2.01. The number of nitrogens with zero attached hydrogens (tertiary/aromatic N) is 5. The lowest BCUT2D eigenvalue weighted by atomic mass is 10.2. The first kappa shape index (κ1) is 22.8. The third kappa shape index (κ3) is 5.70. The van der Waals surface area contributed by atoms with E-state index < -0.39 is 6.09 Å². The van der Waals surface area contributed by atoms with Crippen LogP contribution in [0.2, 0.25) is 0 Å². The molecule has 3 heterocycles. The van der Waals surface area contributed by atoms with Crippen molar-refractivity contribution in [1.29, 1.82) is 0 Å². The average molecular weight is 512 g/mol. The molecule has 33 heavy (non-hydrogen) atoms. The van der Waals surface area contributed by atoms with Gasteiger partial charge in [-0.05, 0) is 47.8 Å². The topological polar surface area (TPSA) is 98.9 Å². The lowest BCUT2D eigenvalue weighted by Crippen LogP contribution is -2.26. The maximum atomic E-state index is 12.0. The summed E-state index contributed by atoms with van der Waals surface area (Å²) in [5.74, 6) is 1.58. The highest BCUT2D eigenvalue weighted by Crippen LogP contribution is 2.25. The fraction of sp³-hybridized carbons (Fsp3) is 0.304. The molecule has 0 saturated heterocycles. The van der Waals surface area contributed by atoms with Gasteiger partial charge in [-0.25, -0.2) is 19.4 Å². The van der Waals surface area contributed by atoms with E-state index >= 15 is 0 Å². The van der Waals surface area contributed by atoms with Gasteiger partial charge in [-0.15, -0.1) is 0 Å². The Labute approximate surface area is 200 Å². The van der Waals surface area contributed by atoms with E-state index in [1.54, 1.807) is 6.20 Å². The third-order valence-electron chi connectivity index (χ3n) is 5.08. The second-order valence-corrected chi connectivity index (χ2v) is 8.35. The van der Waals surface area contributed by atoms with Gasteiger partial charge < -0.3 is 19.9 Å². The number of aromatic nitrogens is 5. The predicted octanol–water partition coefficient (Wildman–Crippen LogP) is 4.78. The smallest absolute Gasteiger partial charge is 0.407 e. The summed E-state index contributed by atoms with van der Waals surface area (Å²) in [5, 5.41) is 10.7. The zero-order chi connectivity index (χ0) is 23.2. The number of amides is 1. The monoisotopic (exact) mass is 511 g/mol. The molecule has 4 aromatic rings. The number of aryl methyl sites for hydroxylation is 3. The van der Waals surface area contributed by atoms with Gasteiger partial charge in [0.15, 0.2) is 0 Å². The van der Waals surface area contributed by atoms with Crippen LogP contribution in [0.4, 0.5) is 16.6 Å². The number of benzene rings is 1. The van der Waals surface area contributed by atoms with E-state index in [0.717, 1.165) is 39.3 Å². The van der Waals surface area contributed by atoms with Crippen LogP contribution in [0.25, 0.3) is 11.0 Å². The predicted molar refractivity (Wildman–Crippen MR) is 130 cm³/mol. The molecular weight excluding hydrogens is 486 g/mol. The number of anilines is 2. The Hall–Kier alpha value is -3.40. The van der Waals surface area contributed by atoms with Crippen molar-refractivity contribution in [2.24, 2.45) is 0 Å². The summed E-state index contributed by atoms with van der Waals surface area (Å²) >= 11 is 3.45. The standard InChI is InChI=1S/C23H26BrN7O2/c1-3-31-21(12-16(2)29-31)28-22-27-18-14-26-20(24)13-19(18)30(22)11-7-10-25-23(32)33-15-17-8-5-4-6-9-17/h4-6,8-9,12-14H,3,7,10-11,15H2,1-2H3,(H,25,32)(H,27,28). The summed E-state index contributed by atoms with van der Waals surface area (Å²) in [5.41, 5.74) is 3.62. The van der Waals surface area contributed by atoms with E-state index in [9.17, 15) is 4.79 Å².